The Bertz CT molecular complexity index is 666. The maximum Gasteiger partial charge on any atom is 0.274 e. The van der Waals surface area contributed by atoms with Crippen LogP contribution < -0.4 is 10.8 Å². The molecule has 0 radical (unpaired) electrons. The summed E-state index contributed by atoms with van der Waals surface area (Å²) in [7, 11) is 0. The maximum absolute atomic E-state index is 12.1. The van der Waals surface area contributed by atoms with Crippen LogP contribution in [0.1, 0.15) is 44.9 Å². The Labute approximate surface area is 121 Å². The number of hydroxylamine groups is 1. The number of aromatic amines is 1. The van der Waals surface area contributed by atoms with Gasteiger partial charge in [-0.1, -0.05) is 12.1 Å². The van der Waals surface area contributed by atoms with Crippen LogP contribution in [-0.2, 0) is 0 Å². The van der Waals surface area contributed by atoms with Crippen molar-refractivity contribution in [3.8, 4) is 0 Å². The van der Waals surface area contributed by atoms with Crippen molar-refractivity contribution in [3.05, 3.63) is 52.8 Å². The maximum atomic E-state index is 12.1. The quantitative estimate of drug-likeness (QED) is 0.503. The summed E-state index contributed by atoms with van der Waals surface area (Å²) >= 11 is 0. The molecule has 7 heteroatoms. The summed E-state index contributed by atoms with van der Waals surface area (Å²) in [6.07, 6.45) is 1.47. The van der Waals surface area contributed by atoms with Gasteiger partial charge in [-0.2, -0.15) is 5.10 Å². The van der Waals surface area contributed by atoms with Crippen molar-refractivity contribution >= 4 is 11.8 Å². The summed E-state index contributed by atoms with van der Waals surface area (Å²) in [5.41, 5.74) is 3.82. The highest BCUT2D eigenvalue weighted by atomic mass is 16.5. The molecule has 1 heterocycles. The Hall–Kier alpha value is -2.67. The largest absolute Gasteiger partial charge is 0.345 e. The van der Waals surface area contributed by atoms with Crippen LogP contribution >= 0.6 is 0 Å². The van der Waals surface area contributed by atoms with E-state index < -0.39 is 5.91 Å². The topological polar surface area (TPSA) is 107 Å². The Morgan fingerprint density at radius 3 is 2.71 bits per heavy atom. The highest BCUT2D eigenvalue weighted by Gasteiger charge is 2.15. The first-order valence-electron chi connectivity index (χ1n) is 6.38. The highest BCUT2D eigenvalue weighted by molar-refractivity contribution is 5.95. The van der Waals surface area contributed by atoms with Crippen molar-refractivity contribution in [1.82, 2.24) is 21.0 Å². The molecule has 1 unspecified atom stereocenters. The smallest absolute Gasteiger partial charge is 0.274 e. The van der Waals surface area contributed by atoms with Crippen LogP contribution in [0.4, 0.5) is 0 Å². The van der Waals surface area contributed by atoms with Gasteiger partial charge in [0.25, 0.3) is 11.8 Å². The molecule has 1 atom stereocenters. The second-order valence-corrected chi connectivity index (χ2v) is 4.67. The third-order valence-corrected chi connectivity index (χ3v) is 3.17. The molecule has 0 bridgehead atoms. The summed E-state index contributed by atoms with van der Waals surface area (Å²) in [5.74, 6) is -0.841. The molecule has 21 heavy (non-hydrogen) atoms. The Kier molecular flexibility index (Phi) is 4.34. The number of hydrogen-bond acceptors (Lipinski definition) is 4. The summed E-state index contributed by atoms with van der Waals surface area (Å²) in [6, 6.07) is 6.37. The van der Waals surface area contributed by atoms with E-state index in [2.05, 4.69) is 15.5 Å². The van der Waals surface area contributed by atoms with Gasteiger partial charge in [0.15, 0.2) is 0 Å². The number of aromatic nitrogens is 2. The average molecular weight is 288 g/mol. The van der Waals surface area contributed by atoms with E-state index in [0.29, 0.717) is 16.8 Å². The fraction of sp³-hybridized carbons (Fsp3) is 0.214. The Morgan fingerprint density at radius 1 is 1.33 bits per heavy atom. The molecule has 2 aromatic rings. The molecule has 1 aromatic heterocycles. The van der Waals surface area contributed by atoms with Crippen LogP contribution in [0.15, 0.2) is 30.5 Å². The summed E-state index contributed by atoms with van der Waals surface area (Å²) in [5, 5.41) is 18.0. The first kappa shape index (κ1) is 14.7. The minimum Gasteiger partial charge on any atom is -0.345 e. The van der Waals surface area contributed by atoms with Crippen molar-refractivity contribution in [2.24, 2.45) is 0 Å². The first-order chi connectivity index (χ1) is 10.0. The molecule has 0 saturated heterocycles. The molecule has 0 aliphatic rings. The minimum absolute atomic E-state index is 0.245. The lowest BCUT2D eigenvalue weighted by atomic mass is 10.0. The molecule has 1 aromatic carbocycles. The number of nitrogens with one attached hydrogen (secondary N) is 3. The van der Waals surface area contributed by atoms with Gasteiger partial charge in [-0.3, -0.25) is 19.9 Å². The zero-order valence-electron chi connectivity index (χ0n) is 11.7. The molecular formula is C14H16N4O3. The second kappa shape index (κ2) is 6.19. The van der Waals surface area contributed by atoms with E-state index in [1.165, 1.54) is 6.20 Å². The number of hydrogen-bond donors (Lipinski definition) is 4. The van der Waals surface area contributed by atoms with E-state index in [4.69, 9.17) is 5.21 Å². The summed E-state index contributed by atoms with van der Waals surface area (Å²) < 4.78 is 0. The van der Waals surface area contributed by atoms with Crippen LogP contribution in [0.2, 0.25) is 0 Å². The van der Waals surface area contributed by atoms with Gasteiger partial charge in [0.05, 0.1) is 17.8 Å². The van der Waals surface area contributed by atoms with Gasteiger partial charge in [-0.25, -0.2) is 5.48 Å². The molecule has 2 amide bonds. The molecule has 110 valence electrons. The van der Waals surface area contributed by atoms with Crippen LogP contribution in [0, 0.1) is 6.92 Å². The number of H-pyrrole nitrogens is 1. The van der Waals surface area contributed by atoms with Crippen LogP contribution in [-0.4, -0.2) is 27.2 Å². The number of carbonyl (C=O) groups is 2. The summed E-state index contributed by atoms with van der Waals surface area (Å²) in [4.78, 5) is 23.5. The monoisotopic (exact) mass is 288 g/mol. The van der Waals surface area contributed by atoms with Crippen molar-refractivity contribution in [3.63, 3.8) is 0 Å². The number of amides is 2. The van der Waals surface area contributed by atoms with E-state index in [-0.39, 0.29) is 11.9 Å². The molecule has 4 N–H and O–H groups in total. The van der Waals surface area contributed by atoms with Gasteiger partial charge >= 0.3 is 0 Å². The average Bonchev–Trinajstić information content (AvgIpc) is 2.92. The fourth-order valence-corrected chi connectivity index (χ4v) is 1.95. The predicted octanol–water partition coefficient (Wildman–Crippen LogP) is 1.33. The molecule has 0 aliphatic heterocycles. The van der Waals surface area contributed by atoms with E-state index in [0.717, 1.165) is 5.56 Å². The Balaban J connectivity index is 2.13. The predicted molar refractivity (Wildman–Crippen MR) is 74.9 cm³/mol. The third-order valence-electron chi connectivity index (χ3n) is 3.17. The fourth-order valence-electron chi connectivity index (χ4n) is 1.95. The van der Waals surface area contributed by atoms with Gasteiger partial charge in [-0.05, 0) is 31.5 Å². The molecule has 7 nitrogen and oxygen atoms in total. The number of nitrogens with zero attached hydrogens (tertiary/aromatic N) is 1. The van der Waals surface area contributed by atoms with Crippen molar-refractivity contribution in [2.45, 2.75) is 19.9 Å². The molecular weight excluding hydrogens is 272 g/mol. The van der Waals surface area contributed by atoms with Crippen LogP contribution in [0.25, 0.3) is 0 Å². The van der Waals surface area contributed by atoms with Gasteiger partial charge < -0.3 is 5.32 Å². The normalized spacial score (nSPS) is 11.8. The number of rotatable bonds is 4. The zero-order chi connectivity index (χ0) is 15.4. The van der Waals surface area contributed by atoms with Gasteiger partial charge in [0.1, 0.15) is 0 Å². The molecule has 2 rings (SSSR count). The standard InChI is InChI=1S/C14H16N4O3/c1-8(16-14(20)12-7-15-17-9(12)2)10-4-3-5-11(6-10)13(19)18-21/h3-8,21H,1-2H3,(H,15,17)(H,16,20)(H,18,19). The van der Waals surface area contributed by atoms with Crippen LogP contribution in [0.3, 0.4) is 0 Å². The van der Waals surface area contributed by atoms with E-state index in [9.17, 15) is 9.59 Å². The number of carbonyl (C=O) groups excluding carboxylic acids is 2. The van der Waals surface area contributed by atoms with E-state index >= 15 is 0 Å². The lowest BCUT2D eigenvalue weighted by molar-refractivity contribution is 0.0706. The van der Waals surface area contributed by atoms with Crippen LogP contribution in [0.5, 0.6) is 0 Å². The number of aryl methyl sites for hydroxylation is 1. The van der Waals surface area contributed by atoms with E-state index in [1.54, 1.807) is 36.7 Å². The van der Waals surface area contributed by atoms with Crippen molar-refractivity contribution in [2.75, 3.05) is 0 Å². The third kappa shape index (κ3) is 3.26. The molecule has 0 spiro atoms. The lowest BCUT2D eigenvalue weighted by Gasteiger charge is -2.15. The lowest BCUT2D eigenvalue weighted by Crippen LogP contribution is -2.27. The zero-order valence-corrected chi connectivity index (χ0v) is 11.7. The van der Waals surface area contributed by atoms with Gasteiger partial charge in [-0.15, -0.1) is 0 Å². The Morgan fingerprint density at radius 2 is 2.10 bits per heavy atom. The first-order valence-corrected chi connectivity index (χ1v) is 6.38. The minimum atomic E-state index is -0.596. The second-order valence-electron chi connectivity index (χ2n) is 4.67. The van der Waals surface area contributed by atoms with Crippen molar-refractivity contribution in [1.29, 1.82) is 0 Å². The highest BCUT2D eigenvalue weighted by Crippen LogP contribution is 2.15. The van der Waals surface area contributed by atoms with Gasteiger partial charge in [0.2, 0.25) is 0 Å². The van der Waals surface area contributed by atoms with Gasteiger partial charge in [0, 0.05) is 11.3 Å². The summed E-state index contributed by atoms with van der Waals surface area (Å²) in [6.45, 7) is 3.57. The SMILES string of the molecule is Cc1[nH]ncc1C(=O)NC(C)c1cccc(C(=O)NO)c1. The molecule has 0 fully saturated rings. The molecule has 0 aliphatic carbocycles. The molecule has 0 saturated carbocycles. The van der Waals surface area contributed by atoms with Crippen molar-refractivity contribution < 1.29 is 14.8 Å². The number of benzene rings is 1. The van der Waals surface area contributed by atoms with E-state index in [1.807, 2.05) is 6.92 Å².